The number of rotatable bonds is 2. The molecule has 2 heterocycles. The van der Waals surface area contributed by atoms with E-state index in [1.807, 2.05) is 0 Å². The van der Waals surface area contributed by atoms with Gasteiger partial charge in [0.15, 0.2) is 11.5 Å². The van der Waals surface area contributed by atoms with E-state index in [-0.39, 0.29) is 13.3 Å². The third kappa shape index (κ3) is 2.30. The second-order valence-corrected chi connectivity index (χ2v) is 4.37. The fourth-order valence-corrected chi connectivity index (χ4v) is 2.04. The van der Waals surface area contributed by atoms with Crippen LogP contribution in [-0.4, -0.2) is 15.9 Å². The van der Waals surface area contributed by atoms with Crippen LogP contribution in [0.1, 0.15) is 6.92 Å². The third-order valence-corrected chi connectivity index (χ3v) is 3.12. The molecule has 0 aliphatic carbocycles. The molecule has 1 aromatic heterocycles. The molecule has 0 unspecified atom stereocenters. The maximum Gasteiger partial charge on any atom is 0.321 e. The topological polar surface area (TPSA) is 62.5 Å². The Morgan fingerprint density at radius 3 is 2.76 bits per heavy atom. The van der Waals surface area contributed by atoms with E-state index in [0.717, 1.165) is 0 Å². The number of hydrogen-bond acceptors (Lipinski definition) is 4. The van der Waals surface area contributed by atoms with E-state index in [1.54, 1.807) is 37.5 Å². The standard InChI is InChI=1S/C15H12N2O4/c1-2-3-6-16-7-8-17(15(19)14(16)18)11-4-5-12-13(9-11)21-10-20-12/h4-5,7-9H,6,10H2,1H3. The Morgan fingerprint density at radius 2 is 1.95 bits per heavy atom. The van der Waals surface area contributed by atoms with E-state index in [9.17, 15) is 9.59 Å². The molecule has 6 heteroatoms. The zero-order chi connectivity index (χ0) is 14.8. The van der Waals surface area contributed by atoms with Crippen LogP contribution in [-0.2, 0) is 6.54 Å². The first-order valence-electron chi connectivity index (χ1n) is 6.32. The number of fused-ring (bicyclic) bond motifs is 1. The monoisotopic (exact) mass is 284 g/mol. The van der Waals surface area contributed by atoms with Crippen LogP contribution in [0.25, 0.3) is 5.69 Å². The van der Waals surface area contributed by atoms with Gasteiger partial charge in [-0.15, -0.1) is 5.92 Å². The summed E-state index contributed by atoms with van der Waals surface area (Å²) in [6.07, 6.45) is 3.08. The summed E-state index contributed by atoms with van der Waals surface area (Å²) in [4.78, 5) is 24.2. The Hall–Kier alpha value is -2.94. The molecule has 0 saturated carbocycles. The molecule has 2 aromatic rings. The predicted molar refractivity (Wildman–Crippen MR) is 75.9 cm³/mol. The fourth-order valence-electron chi connectivity index (χ4n) is 2.04. The summed E-state index contributed by atoms with van der Waals surface area (Å²) in [5.41, 5.74) is -0.692. The van der Waals surface area contributed by atoms with Crippen LogP contribution >= 0.6 is 0 Å². The average molecular weight is 284 g/mol. The molecule has 106 valence electrons. The van der Waals surface area contributed by atoms with Crippen LogP contribution < -0.4 is 20.6 Å². The molecule has 1 aliphatic rings. The second-order valence-electron chi connectivity index (χ2n) is 4.37. The number of benzene rings is 1. The van der Waals surface area contributed by atoms with E-state index in [4.69, 9.17) is 9.47 Å². The Labute approximate surface area is 120 Å². The van der Waals surface area contributed by atoms with Gasteiger partial charge in [-0.1, -0.05) is 5.92 Å². The quantitative estimate of drug-likeness (QED) is 0.603. The van der Waals surface area contributed by atoms with Gasteiger partial charge < -0.3 is 9.47 Å². The van der Waals surface area contributed by atoms with Crippen molar-refractivity contribution in [1.29, 1.82) is 0 Å². The summed E-state index contributed by atoms with van der Waals surface area (Å²) in [5.74, 6) is 6.62. The van der Waals surface area contributed by atoms with Crippen molar-refractivity contribution in [2.45, 2.75) is 13.5 Å². The van der Waals surface area contributed by atoms with Gasteiger partial charge in [0.05, 0.1) is 12.2 Å². The van der Waals surface area contributed by atoms with Gasteiger partial charge in [-0.05, 0) is 19.1 Å². The molecule has 0 bridgehead atoms. The fraction of sp³-hybridized carbons (Fsp3) is 0.200. The largest absolute Gasteiger partial charge is 0.454 e. The molecule has 1 aromatic carbocycles. The van der Waals surface area contributed by atoms with Gasteiger partial charge in [0.1, 0.15) is 0 Å². The van der Waals surface area contributed by atoms with Crippen LogP contribution in [0.3, 0.4) is 0 Å². The molecule has 0 radical (unpaired) electrons. The second kappa shape index (κ2) is 5.21. The molecule has 0 atom stereocenters. The Bertz CT molecular complexity index is 868. The van der Waals surface area contributed by atoms with Crippen molar-refractivity contribution >= 4 is 0 Å². The summed E-state index contributed by atoms with van der Waals surface area (Å²) in [6.45, 7) is 2.04. The van der Waals surface area contributed by atoms with Crippen molar-refractivity contribution in [2.75, 3.05) is 6.79 Å². The lowest BCUT2D eigenvalue weighted by atomic mass is 10.2. The smallest absolute Gasteiger partial charge is 0.321 e. The van der Waals surface area contributed by atoms with E-state index in [2.05, 4.69) is 11.8 Å². The van der Waals surface area contributed by atoms with Crippen molar-refractivity contribution < 1.29 is 9.47 Å². The van der Waals surface area contributed by atoms with Crippen molar-refractivity contribution in [2.24, 2.45) is 0 Å². The van der Waals surface area contributed by atoms with Gasteiger partial charge >= 0.3 is 11.1 Å². The van der Waals surface area contributed by atoms with Gasteiger partial charge in [-0.2, -0.15) is 0 Å². The zero-order valence-corrected chi connectivity index (χ0v) is 11.3. The van der Waals surface area contributed by atoms with Gasteiger partial charge in [-0.3, -0.25) is 18.7 Å². The predicted octanol–water partition coefficient (Wildman–Crippen LogP) is 0.751. The summed E-state index contributed by atoms with van der Waals surface area (Å²) in [7, 11) is 0. The number of nitrogens with zero attached hydrogens (tertiary/aromatic N) is 2. The lowest BCUT2D eigenvalue weighted by molar-refractivity contribution is 0.174. The van der Waals surface area contributed by atoms with E-state index < -0.39 is 11.1 Å². The minimum Gasteiger partial charge on any atom is -0.454 e. The normalized spacial score (nSPS) is 11.9. The van der Waals surface area contributed by atoms with Crippen LogP contribution in [0.5, 0.6) is 11.5 Å². The lowest BCUT2D eigenvalue weighted by Gasteiger charge is -2.07. The first-order chi connectivity index (χ1) is 10.2. The molecule has 6 nitrogen and oxygen atoms in total. The van der Waals surface area contributed by atoms with Crippen molar-refractivity contribution in [1.82, 2.24) is 9.13 Å². The van der Waals surface area contributed by atoms with Crippen LogP contribution in [0.2, 0.25) is 0 Å². The molecule has 0 amide bonds. The maximum absolute atomic E-state index is 12.2. The average Bonchev–Trinajstić information content (AvgIpc) is 2.96. The van der Waals surface area contributed by atoms with E-state index in [0.29, 0.717) is 17.2 Å². The minimum absolute atomic E-state index is 0.158. The highest BCUT2D eigenvalue weighted by atomic mass is 16.7. The molecule has 1 aliphatic heterocycles. The molecule has 3 rings (SSSR count). The highest BCUT2D eigenvalue weighted by Crippen LogP contribution is 2.33. The van der Waals surface area contributed by atoms with Gasteiger partial charge in [-0.25, -0.2) is 0 Å². The van der Waals surface area contributed by atoms with Gasteiger partial charge in [0.2, 0.25) is 6.79 Å². The summed E-state index contributed by atoms with van der Waals surface area (Å²) < 4.78 is 13.0. The Balaban J connectivity index is 2.07. The minimum atomic E-state index is -0.630. The first kappa shape index (κ1) is 13.1. The van der Waals surface area contributed by atoms with Gasteiger partial charge in [0, 0.05) is 18.5 Å². The number of aromatic nitrogens is 2. The summed E-state index contributed by atoms with van der Waals surface area (Å²) in [5, 5.41) is 0. The molecule has 0 fully saturated rings. The van der Waals surface area contributed by atoms with Gasteiger partial charge in [0.25, 0.3) is 0 Å². The zero-order valence-electron chi connectivity index (χ0n) is 11.3. The van der Waals surface area contributed by atoms with Crippen molar-refractivity contribution in [3.63, 3.8) is 0 Å². The summed E-state index contributed by atoms with van der Waals surface area (Å²) in [6, 6.07) is 5.07. The first-order valence-corrected chi connectivity index (χ1v) is 6.32. The Morgan fingerprint density at radius 1 is 1.14 bits per heavy atom. The van der Waals surface area contributed by atoms with Crippen LogP contribution in [0.4, 0.5) is 0 Å². The Kier molecular flexibility index (Phi) is 3.24. The number of ether oxygens (including phenoxy) is 2. The summed E-state index contributed by atoms with van der Waals surface area (Å²) >= 11 is 0. The SMILES string of the molecule is CC#CCn1ccn(-c2ccc3c(c2)OCO3)c(=O)c1=O. The molecular weight excluding hydrogens is 272 g/mol. The molecule has 0 saturated heterocycles. The van der Waals surface area contributed by atoms with Crippen LogP contribution in [0.15, 0.2) is 40.2 Å². The number of hydrogen-bond donors (Lipinski definition) is 0. The highest BCUT2D eigenvalue weighted by molar-refractivity contribution is 5.49. The third-order valence-electron chi connectivity index (χ3n) is 3.12. The van der Waals surface area contributed by atoms with Crippen molar-refractivity contribution in [3.05, 3.63) is 51.3 Å². The molecule has 0 spiro atoms. The van der Waals surface area contributed by atoms with E-state index in [1.165, 1.54) is 9.13 Å². The maximum atomic E-state index is 12.2. The molecule has 0 N–H and O–H groups in total. The molecule has 21 heavy (non-hydrogen) atoms. The molecular formula is C15H12N2O4. The van der Waals surface area contributed by atoms with Crippen molar-refractivity contribution in [3.8, 4) is 29.0 Å². The lowest BCUT2D eigenvalue weighted by Crippen LogP contribution is -2.39. The van der Waals surface area contributed by atoms with E-state index >= 15 is 0 Å². The highest BCUT2D eigenvalue weighted by Gasteiger charge is 2.15. The van der Waals surface area contributed by atoms with Crippen LogP contribution in [0, 0.1) is 11.8 Å².